The van der Waals surface area contributed by atoms with Gasteiger partial charge in [0.25, 0.3) is 0 Å². The first-order valence-corrected chi connectivity index (χ1v) is 7.08. The van der Waals surface area contributed by atoms with E-state index in [1.165, 1.54) is 6.42 Å². The summed E-state index contributed by atoms with van der Waals surface area (Å²) < 4.78 is 10.8. The first kappa shape index (κ1) is 14.2. The van der Waals surface area contributed by atoms with E-state index < -0.39 is 5.60 Å². The van der Waals surface area contributed by atoms with Gasteiger partial charge in [0.05, 0.1) is 25.4 Å². The third-order valence-corrected chi connectivity index (χ3v) is 4.40. The average Bonchev–Trinajstić information content (AvgIpc) is 2.47. The van der Waals surface area contributed by atoms with Gasteiger partial charge in [-0.15, -0.1) is 0 Å². The highest BCUT2D eigenvalue weighted by Gasteiger charge is 2.38. The van der Waals surface area contributed by atoms with Gasteiger partial charge in [-0.2, -0.15) is 0 Å². The number of ether oxygens (including phenoxy) is 2. The topological polar surface area (TPSA) is 38.7 Å². The van der Waals surface area contributed by atoms with Gasteiger partial charge in [-0.05, 0) is 43.7 Å². The number of hydrogen-bond acceptors (Lipinski definition) is 3. The minimum absolute atomic E-state index is 0.719. The molecule has 1 aromatic rings. The zero-order chi connectivity index (χ0) is 13.9. The molecule has 2 rings (SSSR count). The van der Waals surface area contributed by atoms with Crippen LogP contribution in [0.5, 0.6) is 11.5 Å². The van der Waals surface area contributed by atoms with E-state index >= 15 is 0 Å². The van der Waals surface area contributed by atoms with Crippen LogP contribution in [0.15, 0.2) is 18.2 Å². The Morgan fingerprint density at radius 1 is 1.16 bits per heavy atom. The van der Waals surface area contributed by atoms with Crippen molar-refractivity contribution in [1.29, 1.82) is 0 Å². The summed E-state index contributed by atoms with van der Waals surface area (Å²) in [6, 6.07) is 5.67. The zero-order valence-corrected chi connectivity index (χ0v) is 12.1. The molecule has 0 atom stereocenters. The molecule has 3 nitrogen and oxygen atoms in total. The van der Waals surface area contributed by atoms with Crippen molar-refractivity contribution in [2.75, 3.05) is 14.2 Å². The zero-order valence-electron chi connectivity index (χ0n) is 12.1. The van der Waals surface area contributed by atoms with E-state index in [-0.39, 0.29) is 0 Å². The molecule has 1 N–H and O–H groups in total. The van der Waals surface area contributed by atoms with Crippen LogP contribution >= 0.6 is 0 Å². The maximum absolute atomic E-state index is 11.0. The van der Waals surface area contributed by atoms with Crippen LogP contribution in [-0.2, 0) is 5.60 Å². The van der Waals surface area contributed by atoms with Gasteiger partial charge >= 0.3 is 0 Å². The van der Waals surface area contributed by atoms with Crippen molar-refractivity contribution in [3.63, 3.8) is 0 Å². The van der Waals surface area contributed by atoms with E-state index in [2.05, 4.69) is 6.92 Å². The molecule has 0 unspecified atom stereocenters. The summed E-state index contributed by atoms with van der Waals surface area (Å²) in [5.41, 5.74) is -0.00146. The minimum Gasteiger partial charge on any atom is -0.496 e. The van der Waals surface area contributed by atoms with E-state index in [1.54, 1.807) is 14.2 Å². The van der Waals surface area contributed by atoms with Crippen molar-refractivity contribution in [2.45, 2.75) is 44.6 Å². The van der Waals surface area contributed by atoms with E-state index in [4.69, 9.17) is 9.47 Å². The second kappa shape index (κ2) is 5.83. The lowest BCUT2D eigenvalue weighted by molar-refractivity contribution is -0.0181. The first-order valence-electron chi connectivity index (χ1n) is 7.08. The molecule has 0 aliphatic heterocycles. The quantitative estimate of drug-likeness (QED) is 0.904. The van der Waals surface area contributed by atoms with Crippen LogP contribution < -0.4 is 9.47 Å². The van der Waals surface area contributed by atoms with Gasteiger partial charge in [-0.1, -0.05) is 19.4 Å². The Hall–Kier alpha value is -1.22. The minimum atomic E-state index is -0.816. The molecule has 0 bridgehead atoms. The van der Waals surface area contributed by atoms with E-state index in [9.17, 15) is 5.11 Å². The molecule has 1 aliphatic carbocycles. The number of methoxy groups -OCH3 is 2. The van der Waals surface area contributed by atoms with Crippen molar-refractivity contribution in [1.82, 2.24) is 0 Å². The summed E-state index contributed by atoms with van der Waals surface area (Å²) in [5, 5.41) is 11.0. The molecular formula is C16H24O3. The van der Waals surface area contributed by atoms with Crippen molar-refractivity contribution in [3.05, 3.63) is 23.8 Å². The van der Waals surface area contributed by atoms with Crippen LogP contribution in [-0.4, -0.2) is 19.3 Å². The van der Waals surface area contributed by atoms with Crippen LogP contribution in [0.1, 0.15) is 44.6 Å². The fourth-order valence-corrected chi connectivity index (χ4v) is 3.12. The maximum Gasteiger partial charge on any atom is 0.128 e. The molecule has 1 aromatic carbocycles. The van der Waals surface area contributed by atoms with E-state index in [0.717, 1.165) is 48.7 Å². The summed E-state index contributed by atoms with van der Waals surface area (Å²) >= 11 is 0. The summed E-state index contributed by atoms with van der Waals surface area (Å²) in [6.45, 7) is 2.22. The van der Waals surface area contributed by atoms with Gasteiger partial charge in [-0.25, -0.2) is 0 Å². The highest BCUT2D eigenvalue weighted by atomic mass is 16.5. The predicted molar refractivity (Wildman–Crippen MR) is 75.7 cm³/mol. The first-order chi connectivity index (χ1) is 9.14. The molecule has 0 radical (unpaired) electrons. The van der Waals surface area contributed by atoms with Crippen LogP contribution in [0.2, 0.25) is 0 Å². The second-order valence-electron chi connectivity index (χ2n) is 5.42. The SMILES string of the molecule is CCC1CCC(O)(c2c(OC)cccc2OC)CC1. The molecule has 0 amide bonds. The Balaban J connectivity index is 2.35. The van der Waals surface area contributed by atoms with Gasteiger partial charge in [0, 0.05) is 0 Å². The normalized spacial score (nSPS) is 27.1. The summed E-state index contributed by atoms with van der Waals surface area (Å²) in [5.74, 6) is 2.18. The Kier molecular flexibility index (Phi) is 4.35. The molecule has 0 aromatic heterocycles. The molecule has 0 heterocycles. The lowest BCUT2D eigenvalue weighted by Crippen LogP contribution is -2.32. The summed E-state index contributed by atoms with van der Waals surface area (Å²) in [7, 11) is 3.28. The van der Waals surface area contributed by atoms with Gasteiger partial charge < -0.3 is 14.6 Å². The lowest BCUT2D eigenvalue weighted by atomic mass is 9.74. The van der Waals surface area contributed by atoms with Gasteiger partial charge in [0.15, 0.2) is 0 Å². The van der Waals surface area contributed by atoms with Crippen molar-refractivity contribution < 1.29 is 14.6 Å². The van der Waals surface area contributed by atoms with Crippen molar-refractivity contribution in [2.24, 2.45) is 5.92 Å². The smallest absolute Gasteiger partial charge is 0.128 e. The van der Waals surface area contributed by atoms with Crippen LogP contribution in [0.3, 0.4) is 0 Å². The molecule has 106 valence electrons. The number of benzene rings is 1. The maximum atomic E-state index is 11.0. The molecular weight excluding hydrogens is 240 g/mol. The Labute approximate surface area is 115 Å². The van der Waals surface area contributed by atoms with Gasteiger partial charge in [0.2, 0.25) is 0 Å². The molecule has 0 spiro atoms. The average molecular weight is 264 g/mol. The summed E-state index contributed by atoms with van der Waals surface area (Å²) in [6.07, 6.45) is 4.88. The molecule has 19 heavy (non-hydrogen) atoms. The fourth-order valence-electron chi connectivity index (χ4n) is 3.12. The molecule has 0 saturated heterocycles. The van der Waals surface area contributed by atoms with Crippen LogP contribution in [0.4, 0.5) is 0 Å². The number of rotatable bonds is 4. The molecule has 1 fully saturated rings. The molecule has 3 heteroatoms. The Morgan fingerprint density at radius 2 is 1.68 bits per heavy atom. The third-order valence-electron chi connectivity index (χ3n) is 4.40. The third kappa shape index (κ3) is 2.71. The Morgan fingerprint density at radius 3 is 2.11 bits per heavy atom. The second-order valence-corrected chi connectivity index (χ2v) is 5.42. The standard InChI is InChI=1S/C16H24O3/c1-4-12-8-10-16(17,11-9-12)15-13(18-2)6-5-7-14(15)19-3/h5-7,12,17H,4,8-11H2,1-3H3. The van der Waals surface area contributed by atoms with Gasteiger partial charge in [-0.3, -0.25) is 0 Å². The van der Waals surface area contributed by atoms with Crippen molar-refractivity contribution in [3.8, 4) is 11.5 Å². The fraction of sp³-hybridized carbons (Fsp3) is 0.625. The monoisotopic (exact) mass is 264 g/mol. The lowest BCUT2D eigenvalue weighted by Gasteiger charge is -2.37. The highest BCUT2D eigenvalue weighted by Crippen LogP contribution is 2.47. The molecule has 1 saturated carbocycles. The largest absolute Gasteiger partial charge is 0.496 e. The summed E-state index contributed by atoms with van der Waals surface area (Å²) in [4.78, 5) is 0. The van der Waals surface area contributed by atoms with Crippen LogP contribution in [0.25, 0.3) is 0 Å². The molecule has 1 aliphatic rings. The number of aliphatic hydroxyl groups is 1. The van der Waals surface area contributed by atoms with E-state index in [1.807, 2.05) is 18.2 Å². The predicted octanol–water partition coefficient (Wildman–Crippen LogP) is 3.49. The Bertz CT molecular complexity index is 398. The van der Waals surface area contributed by atoms with Gasteiger partial charge in [0.1, 0.15) is 11.5 Å². The van der Waals surface area contributed by atoms with Crippen LogP contribution in [0, 0.1) is 5.92 Å². The van der Waals surface area contributed by atoms with Crippen molar-refractivity contribution >= 4 is 0 Å². The number of hydrogen-bond donors (Lipinski definition) is 1. The highest BCUT2D eigenvalue weighted by molar-refractivity contribution is 5.48. The van der Waals surface area contributed by atoms with E-state index in [0.29, 0.717) is 0 Å².